The maximum absolute atomic E-state index is 14.1. The number of hydrogen-bond donors (Lipinski definition) is 1. The largest absolute Gasteiger partial charge is 0.497 e. The van der Waals surface area contributed by atoms with Crippen molar-refractivity contribution in [3.05, 3.63) is 76.6 Å². The second kappa shape index (κ2) is 12.8. The van der Waals surface area contributed by atoms with Crippen molar-refractivity contribution in [3.8, 4) is 17.0 Å². The predicted molar refractivity (Wildman–Crippen MR) is 174 cm³/mol. The van der Waals surface area contributed by atoms with E-state index in [0.717, 1.165) is 59.5 Å². The first-order chi connectivity index (χ1) is 22.1. The average molecular weight is 634 g/mol. The lowest BCUT2D eigenvalue weighted by Crippen LogP contribution is -2.25. The van der Waals surface area contributed by atoms with Gasteiger partial charge in [-0.2, -0.15) is 13.2 Å². The topological polar surface area (TPSA) is 76.8 Å². The Morgan fingerprint density at radius 2 is 1.87 bits per heavy atom. The molecule has 6 rings (SSSR count). The van der Waals surface area contributed by atoms with Gasteiger partial charge in [0.1, 0.15) is 11.4 Å². The van der Waals surface area contributed by atoms with Crippen LogP contribution in [0.2, 0.25) is 0 Å². The molecular formula is C36H38F3N3O4. The van der Waals surface area contributed by atoms with E-state index < -0.39 is 17.8 Å². The number of alkyl halides is 3. The van der Waals surface area contributed by atoms with Crippen LogP contribution in [0.4, 0.5) is 18.9 Å². The normalized spacial score (nSPS) is 15.2. The highest BCUT2D eigenvalue weighted by atomic mass is 19.4. The quantitative estimate of drug-likeness (QED) is 0.186. The lowest BCUT2D eigenvalue weighted by molar-refractivity contribution is -0.141. The van der Waals surface area contributed by atoms with Crippen LogP contribution in [0.15, 0.2) is 48.5 Å². The number of hydrogen-bond acceptors (Lipinski definition) is 5. The molecule has 0 spiro atoms. The maximum atomic E-state index is 14.1. The molecule has 0 saturated heterocycles. The van der Waals surface area contributed by atoms with E-state index >= 15 is 0 Å². The summed E-state index contributed by atoms with van der Waals surface area (Å²) in [5, 5.41) is 10.9. The molecule has 1 saturated carbocycles. The highest BCUT2D eigenvalue weighted by Gasteiger charge is 2.35. The number of allylic oxidation sites excluding steroid dienone is 1. The van der Waals surface area contributed by atoms with E-state index in [1.54, 1.807) is 19.2 Å². The van der Waals surface area contributed by atoms with Crippen LogP contribution >= 0.6 is 0 Å². The Labute approximate surface area is 266 Å². The lowest BCUT2D eigenvalue weighted by atomic mass is 9.81. The fourth-order valence-corrected chi connectivity index (χ4v) is 6.94. The van der Waals surface area contributed by atoms with E-state index in [0.29, 0.717) is 36.8 Å². The molecule has 1 N–H and O–H groups in total. The van der Waals surface area contributed by atoms with Crippen molar-refractivity contribution in [3.63, 3.8) is 0 Å². The number of methoxy groups -OCH3 is 1. The first-order valence-corrected chi connectivity index (χ1v) is 15.8. The van der Waals surface area contributed by atoms with Crippen LogP contribution in [0.3, 0.4) is 0 Å². The fraction of sp³-hybridized carbons (Fsp3) is 0.389. The number of aromatic carboxylic acids is 1. The fourth-order valence-electron chi connectivity index (χ4n) is 6.94. The minimum absolute atomic E-state index is 0.154. The zero-order chi connectivity index (χ0) is 32.6. The molecule has 4 aromatic rings. The predicted octanol–water partition coefficient (Wildman–Crippen LogP) is 8.50. The number of nitrogens with zero attached hydrogens (tertiary/aromatic N) is 3. The van der Waals surface area contributed by atoms with Gasteiger partial charge in [-0.15, -0.1) is 0 Å². The third-order valence-corrected chi connectivity index (χ3v) is 9.19. The standard InChI is InChI=1S/C36H38F3N3O4/c1-4-46-17-16-41(2)29-14-15-31(36(37,38)39)40-33(29)25-18-24-19-26(45-3)11-13-27(24)34-32(22-8-6-5-7-9-22)28-12-10-23(35(43)44)20-30(28)42(34)21-25/h10-15,18-20,22H,4-9,16-17,21H2,1-3H3,(H,43,44). The molecule has 1 aliphatic carbocycles. The Morgan fingerprint density at radius 1 is 1.09 bits per heavy atom. The van der Waals surface area contributed by atoms with Gasteiger partial charge in [-0.3, -0.25) is 0 Å². The van der Waals surface area contributed by atoms with Crippen LogP contribution in [-0.4, -0.2) is 54.5 Å². The summed E-state index contributed by atoms with van der Waals surface area (Å²) in [6, 6.07) is 13.5. The van der Waals surface area contributed by atoms with E-state index in [1.165, 1.54) is 18.1 Å². The summed E-state index contributed by atoms with van der Waals surface area (Å²) in [6.45, 7) is 3.47. The summed E-state index contributed by atoms with van der Waals surface area (Å²) in [7, 11) is 3.40. The summed E-state index contributed by atoms with van der Waals surface area (Å²) in [6.07, 6.45) is 2.69. The first-order valence-electron chi connectivity index (χ1n) is 15.8. The van der Waals surface area contributed by atoms with Crippen molar-refractivity contribution in [2.24, 2.45) is 0 Å². The van der Waals surface area contributed by atoms with Crippen LogP contribution in [0.1, 0.15) is 77.8 Å². The Morgan fingerprint density at radius 3 is 2.57 bits per heavy atom. The van der Waals surface area contributed by atoms with Gasteiger partial charge < -0.3 is 24.0 Å². The molecule has 2 aliphatic rings. The smallest absolute Gasteiger partial charge is 0.433 e. The summed E-state index contributed by atoms with van der Waals surface area (Å²) in [5.74, 6) is -0.145. The zero-order valence-electron chi connectivity index (χ0n) is 26.3. The van der Waals surface area contributed by atoms with Crippen molar-refractivity contribution in [1.29, 1.82) is 0 Å². The van der Waals surface area contributed by atoms with E-state index in [4.69, 9.17) is 9.47 Å². The van der Waals surface area contributed by atoms with Gasteiger partial charge in [0.2, 0.25) is 0 Å². The molecule has 2 aromatic heterocycles. The van der Waals surface area contributed by atoms with Crippen LogP contribution in [0, 0.1) is 0 Å². The van der Waals surface area contributed by atoms with Gasteiger partial charge in [-0.05, 0) is 85.4 Å². The van der Waals surface area contributed by atoms with Crippen LogP contribution < -0.4 is 9.64 Å². The van der Waals surface area contributed by atoms with Gasteiger partial charge in [0, 0.05) is 42.2 Å². The summed E-state index contributed by atoms with van der Waals surface area (Å²) in [5.41, 5.74) is 5.10. The number of pyridine rings is 1. The second-order valence-corrected chi connectivity index (χ2v) is 12.0. The molecule has 0 bridgehead atoms. The molecule has 0 atom stereocenters. The molecular weight excluding hydrogens is 595 g/mol. The Kier molecular flexibility index (Phi) is 8.83. The van der Waals surface area contributed by atoms with E-state index in [2.05, 4.69) is 9.55 Å². The highest BCUT2D eigenvalue weighted by Crippen LogP contribution is 2.48. The summed E-state index contributed by atoms with van der Waals surface area (Å²) >= 11 is 0. The molecule has 242 valence electrons. The number of likely N-dealkylation sites (N-methyl/N-ethyl adjacent to an activating group) is 1. The minimum Gasteiger partial charge on any atom is -0.497 e. The number of carboxylic acids is 1. The molecule has 0 unspecified atom stereocenters. The van der Waals surface area contributed by atoms with Gasteiger partial charge in [0.25, 0.3) is 0 Å². The van der Waals surface area contributed by atoms with Gasteiger partial charge in [-0.1, -0.05) is 25.3 Å². The first kappa shape index (κ1) is 31.7. The monoisotopic (exact) mass is 633 g/mol. The summed E-state index contributed by atoms with van der Waals surface area (Å²) < 4.78 is 55.6. The highest BCUT2D eigenvalue weighted by molar-refractivity contribution is 6.01. The number of halogens is 3. The number of fused-ring (bicyclic) bond motifs is 5. The molecule has 10 heteroatoms. The van der Waals surface area contributed by atoms with Crippen LogP contribution in [-0.2, 0) is 17.5 Å². The molecule has 1 aliphatic heterocycles. The number of rotatable bonds is 9. The maximum Gasteiger partial charge on any atom is 0.433 e. The van der Waals surface area contributed by atoms with Gasteiger partial charge in [0.05, 0.1) is 42.9 Å². The van der Waals surface area contributed by atoms with E-state index in [9.17, 15) is 23.1 Å². The van der Waals surface area contributed by atoms with Gasteiger partial charge >= 0.3 is 12.1 Å². The third-order valence-electron chi connectivity index (χ3n) is 9.19. The Balaban J connectivity index is 1.64. The van der Waals surface area contributed by atoms with Gasteiger partial charge in [-0.25, -0.2) is 9.78 Å². The number of aromatic nitrogens is 2. The Bertz CT molecular complexity index is 1800. The van der Waals surface area contributed by atoms with Crippen molar-refractivity contribution in [1.82, 2.24) is 9.55 Å². The average Bonchev–Trinajstić information content (AvgIpc) is 3.26. The van der Waals surface area contributed by atoms with Crippen molar-refractivity contribution in [2.75, 3.05) is 38.8 Å². The minimum atomic E-state index is -4.64. The molecule has 46 heavy (non-hydrogen) atoms. The summed E-state index contributed by atoms with van der Waals surface area (Å²) in [4.78, 5) is 18.3. The van der Waals surface area contributed by atoms with Crippen LogP contribution in [0.25, 0.3) is 33.8 Å². The van der Waals surface area contributed by atoms with Crippen molar-refractivity contribution < 1.29 is 32.5 Å². The molecule has 2 aromatic carbocycles. The zero-order valence-corrected chi connectivity index (χ0v) is 26.3. The molecule has 1 fully saturated rings. The number of anilines is 1. The SMILES string of the molecule is CCOCCN(C)c1ccc(C(F)(F)F)nc1C1=Cc2cc(OC)ccc2-c2c(C3CCCCC3)c3ccc(C(=O)O)cc3n2C1. The van der Waals surface area contributed by atoms with Crippen LogP contribution in [0.5, 0.6) is 5.75 Å². The Hall–Kier alpha value is -4.31. The third kappa shape index (κ3) is 5.98. The van der Waals surface area contributed by atoms with Crippen molar-refractivity contribution in [2.45, 2.75) is 57.7 Å². The number of carboxylic acid groups (broad SMARTS) is 1. The second-order valence-electron chi connectivity index (χ2n) is 12.0. The van der Waals surface area contributed by atoms with E-state index in [-0.39, 0.29) is 23.7 Å². The molecule has 7 nitrogen and oxygen atoms in total. The number of benzene rings is 2. The van der Waals surface area contributed by atoms with Crippen molar-refractivity contribution >= 4 is 34.2 Å². The molecule has 3 heterocycles. The van der Waals surface area contributed by atoms with Gasteiger partial charge in [0.15, 0.2) is 0 Å². The molecule has 0 radical (unpaired) electrons. The lowest BCUT2D eigenvalue weighted by Gasteiger charge is -2.24. The number of ether oxygens (including phenoxy) is 2. The number of carbonyl (C=O) groups is 1. The molecule has 0 amide bonds. The van der Waals surface area contributed by atoms with E-state index in [1.807, 2.05) is 49.2 Å².